The Labute approximate surface area is 125 Å². The number of para-hydroxylation sites is 1. The van der Waals surface area contributed by atoms with Crippen molar-refractivity contribution in [1.82, 2.24) is 4.90 Å². The van der Waals surface area contributed by atoms with Gasteiger partial charge in [0.05, 0.1) is 12.7 Å². The normalized spacial score (nSPS) is 10.2. The summed E-state index contributed by atoms with van der Waals surface area (Å²) in [6.45, 7) is 3.10. The second-order valence-corrected chi connectivity index (χ2v) is 4.76. The van der Waals surface area contributed by atoms with Crippen LogP contribution in [0.25, 0.3) is 0 Å². The standard InChI is InChI=1S/C17H20N2O2/c1-3-19(12-13-7-6-8-14(18)11-13)17(20)15-9-4-5-10-16(15)21-2/h4-11H,3,12,18H2,1-2H3. The third kappa shape index (κ3) is 3.54. The van der Waals surface area contributed by atoms with Gasteiger partial charge in [-0.2, -0.15) is 0 Å². The van der Waals surface area contributed by atoms with Gasteiger partial charge in [0.1, 0.15) is 5.75 Å². The van der Waals surface area contributed by atoms with Crippen molar-refractivity contribution < 1.29 is 9.53 Å². The summed E-state index contributed by atoms with van der Waals surface area (Å²) < 4.78 is 5.26. The van der Waals surface area contributed by atoms with Crippen molar-refractivity contribution in [2.75, 3.05) is 19.4 Å². The fourth-order valence-corrected chi connectivity index (χ4v) is 2.23. The number of nitrogens with two attached hydrogens (primary N) is 1. The molecule has 0 atom stereocenters. The highest BCUT2D eigenvalue weighted by Gasteiger charge is 2.18. The van der Waals surface area contributed by atoms with Crippen molar-refractivity contribution in [2.45, 2.75) is 13.5 Å². The van der Waals surface area contributed by atoms with Crippen LogP contribution in [0.5, 0.6) is 5.75 Å². The maximum atomic E-state index is 12.7. The summed E-state index contributed by atoms with van der Waals surface area (Å²) in [5.41, 5.74) is 8.08. The van der Waals surface area contributed by atoms with Crippen molar-refractivity contribution in [3.8, 4) is 5.75 Å². The van der Waals surface area contributed by atoms with Crippen LogP contribution in [0, 0.1) is 0 Å². The molecule has 4 nitrogen and oxygen atoms in total. The lowest BCUT2D eigenvalue weighted by Gasteiger charge is -2.22. The molecule has 2 aromatic rings. The Balaban J connectivity index is 2.22. The molecule has 0 fully saturated rings. The molecule has 0 saturated heterocycles. The van der Waals surface area contributed by atoms with E-state index in [1.54, 1.807) is 24.1 Å². The van der Waals surface area contributed by atoms with E-state index in [2.05, 4.69) is 0 Å². The Morgan fingerprint density at radius 2 is 1.95 bits per heavy atom. The summed E-state index contributed by atoms with van der Waals surface area (Å²) in [5, 5.41) is 0. The Kier molecular flexibility index (Phi) is 4.82. The molecule has 0 aliphatic heterocycles. The molecule has 0 aliphatic carbocycles. The predicted molar refractivity (Wildman–Crippen MR) is 84.3 cm³/mol. The minimum atomic E-state index is -0.0441. The molecule has 4 heteroatoms. The monoisotopic (exact) mass is 284 g/mol. The number of nitrogen functional groups attached to an aromatic ring is 1. The SMILES string of the molecule is CCN(Cc1cccc(N)c1)C(=O)c1ccccc1OC. The van der Waals surface area contributed by atoms with Crippen LogP contribution in [0.3, 0.4) is 0 Å². The minimum absolute atomic E-state index is 0.0441. The zero-order valence-corrected chi connectivity index (χ0v) is 12.4. The van der Waals surface area contributed by atoms with Gasteiger partial charge in [-0.3, -0.25) is 4.79 Å². The van der Waals surface area contributed by atoms with Crippen molar-refractivity contribution >= 4 is 11.6 Å². The lowest BCUT2D eigenvalue weighted by atomic mass is 10.1. The number of hydrogen-bond acceptors (Lipinski definition) is 3. The summed E-state index contributed by atoms with van der Waals surface area (Å²) in [7, 11) is 1.57. The van der Waals surface area contributed by atoms with Crippen LogP contribution in [0.2, 0.25) is 0 Å². The fraction of sp³-hybridized carbons (Fsp3) is 0.235. The zero-order chi connectivity index (χ0) is 15.2. The van der Waals surface area contributed by atoms with E-state index >= 15 is 0 Å². The Bertz CT molecular complexity index is 626. The summed E-state index contributed by atoms with van der Waals surface area (Å²) >= 11 is 0. The lowest BCUT2D eigenvalue weighted by molar-refractivity contribution is 0.0749. The molecule has 2 rings (SSSR count). The molecule has 0 radical (unpaired) electrons. The van der Waals surface area contributed by atoms with Crippen LogP contribution in [0.4, 0.5) is 5.69 Å². The molecular weight excluding hydrogens is 264 g/mol. The lowest BCUT2D eigenvalue weighted by Crippen LogP contribution is -2.30. The van der Waals surface area contributed by atoms with E-state index in [0.29, 0.717) is 30.1 Å². The van der Waals surface area contributed by atoms with Gasteiger partial charge in [0.2, 0.25) is 0 Å². The first-order chi connectivity index (χ1) is 10.2. The van der Waals surface area contributed by atoms with Crippen molar-refractivity contribution in [3.05, 3.63) is 59.7 Å². The van der Waals surface area contributed by atoms with E-state index in [-0.39, 0.29) is 5.91 Å². The van der Waals surface area contributed by atoms with E-state index in [1.165, 1.54) is 0 Å². The predicted octanol–water partition coefficient (Wildman–Crippen LogP) is 2.94. The van der Waals surface area contributed by atoms with E-state index in [9.17, 15) is 4.79 Å². The number of benzene rings is 2. The zero-order valence-electron chi connectivity index (χ0n) is 12.4. The van der Waals surface area contributed by atoms with Crippen LogP contribution in [0.15, 0.2) is 48.5 Å². The van der Waals surface area contributed by atoms with Gasteiger partial charge in [0.15, 0.2) is 0 Å². The van der Waals surface area contributed by atoms with E-state index in [0.717, 1.165) is 5.56 Å². The molecule has 0 spiro atoms. The quantitative estimate of drug-likeness (QED) is 0.859. The molecule has 110 valence electrons. The van der Waals surface area contributed by atoms with Crippen molar-refractivity contribution in [1.29, 1.82) is 0 Å². The topological polar surface area (TPSA) is 55.6 Å². The van der Waals surface area contributed by atoms with Gasteiger partial charge in [-0.25, -0.2) is 0 Å². The van der Waals surface area contributed by atoms with Crippen LogP contribution in [-0.4, -0.2) is 24.5 Å². The first-order valence-corrected chi connectivity index (χ1v) is 6.92. The molecule has 2 N–H and O–H groups in total. The third-order valence-electron chi connectivity index (χ3n) is 3.33. The average Bonchev–Trinajstić information content (AvgIpc) is 2.52. The summed E-state index contributed by atoms with van der Waals surface area (Å²) in [5.74, 6) is 0.547. The van der Waals surface area contributed by atoms with Crippen molar-refractivity contribution in [3.63, 3.8) is 0 Å². The van der Waals surface area contributed by atoms with Crippen LogP contribution >= 0.6 is 0 Å². The van der Waals surface area contributed by atoms with Gasteiger partial charge in [-0.15, -0.1) is 0 Å². The third-order valence-corrected chi connectivity index (χ3v) is 3.33. The second kappa shape index (κ2) is 6.79. The number of carbonyl (C=O) groups is 1. The summed E-state index contributed by atoms with van der Waals surface area (Å²) in [6, 6.07) is 14.8. The maximum Gasteiger partial charge on any atom is 0.257 e. The number of ether oxygens (including phenoxy) is 1. The highest BCUT2D eigenvalue weighted by molar-refractivity contribution is 5.96. The van der Waals surface area contributed by atoms with Crippen LogP contribution in [-0.2, 0) is 6.54 Å². The molecule has 0 bridgehead atoms. The first-order valence-electron chi connectivity index (χ1n) is 6.92. The summed E-state index contributed by atoms with van der Waals surface area (Å²) in [4.78, 5) is 14.4. The van der Waals surface area contributed by atoms with Crippen LogP contribution < -0.4 is 10.5 Å². The number of nitrogens with zero attached hydrogens (tertiary/aromatic N) is 1. The van der Waals surface area contributed by atoms with E-state index < -0.39 is 0 Å². The molecule has 0 heterocycles. The molecule has 21 heavy (non-hydrogen) atoms. The molecular formula is C17H20N2O2. The first kappa shape index (κ1) is 14.9. The highest BCUT2D eigenvalue weighted by Crippen LogP contribution is 2.20. The summed E-state index contributed by atoms with van der Waals surface area (Å²) in [6.07, 6.45) is 0. The van der Waals surface area contributed by atoms with Gasteiger partial charge >= 0.3 is 0 Å². The Morgan fingerprint density at radius 1 is 1.19 bits per heavy atom. The van der Waals surface area contributed by atoms with Gasteiger partial charge < -0.3 is 15.4 Å². The molecule has 0 saturated carbocycles. The van der Waals surface area contributed by atoms with Crippen LogP contribution in [0.1, 0.15) is 22.8 Å². The number of methoxy groups -OCH3 is 1. The Morgan fingerprint density at radius 3 is 2.62 bits per heavy atom. The molecule has 1 amide bonds. The molecule has 0 unspecified atom stereocenters. The Hall–Kier alpha value is -2.49. The van der Waals surface area contributed by atoms with Gasteiger partial charge in [0.25, 0.3) is 5.91 Å². The fourth-order valence-electron chi connectivity index (χ4n) is 2.23. The van der Waals surface area contributed by atoms with E-state index in [1.807, 2.05) is 43.3 Å². The smallest absolute Gasteiger partial charge is 0.257 e. The molecule has 2 aromatic carbocycles. The number of rotatable bonds is 5. The number of anilines is 1. The average molecular weight is 284 g/mol. The second-order valence-electron chi connectivity index (χ2n) is 4.76. The molecule has 0 aliphatic rings. The van der Waals surface area contributed by atoms with Gasteiger partial charge in [-0.1, -0.05) is 24.3 Å². The number of carbonyl (C=O) groups excluding carboxylic acids is 1. The molecule has 0 aromatic heterocycles. The van der Waals surface area contributed by atoms with E-state index in [4.69, 9.17) is 10.5 Å². The highest BCUT2D eigenvalue weighted by atomic mass is 16.5. The largest absolute Gasteiger partial charge is 0.496 e. The van der Waals surface area contributed by atoms with Gasteiger partial charge in [-0.05, 0) is 36.8 Å². The van der Waals surface area contributed by atoms with Crippen molar-refractivity contribution in [2.24, 2.45) is 0 Å². The number of hydrogen-bond donors (Lipinski definition) is 1. The number of amides is 1. The minimum Gasteiger partial charge on any atom is -0.496 e. The maximum absolute atomic E-state index is 12.7. The van der Waals surface area contributed by atoms with Gasteiger partial charge in [0, 0.05) is 18.8 Å².